The van der Waals surface area contributed by atoms with E-state index in [2.05, 4.69) is 62.4 Å². The molecule has 2 bridgehead atoms. The molecule has 0 aliphatic heterocycles. The van der Waals surface area contributed by atoms with Crippen LogP contribution in [0.3, 0.4) is 0 Å². The molecule has 1 nitrogen and oxygen atoms in total. The van der Waals surface area contributed by atoms with Crippen molar-refractivity contribution in [3.8, 4) is 0 Å². The maximum atomic E-state index is 10.3. The summed E-state index contributed by atoms with van der Waals surface area (Å²) in [5.41, 5.74) is 0.676. The molecule has 21 heavy (non-hydrogen) atoms. The first kappa shape index (κ1) is 13.7. The van der Waals surface area contributed by atoms with Gasteiger partial charge < -0.3 is 5.11 Å². The van der Waals surface area contributed by atoms with Crippen LogP contribution in [0, 0.1) is 5.41 Å². The Kier molecular flexibility index (Phi) is 3.21. The van der Waals surface area contributed by atoms with E-state index in [1.54, 1.807) is 0 Å². The fourth-order valence-corrected chi connectivity index (χ4v) is 2.79. The van der Waals surface area contributed by atoms with E-state index in [0.29, 0.717) is 5.76 Å². The van der Waals surface area contributed by atoms with Crippen LogP contribution in [0.15, 0.2) is 59.9 Å². The van der Waals surface area contributed by atoms with Crippen LogP contribution in [-0.4, -0.2) is 5.11 Å². The van der Waals surface area contributed by atoms with Gasteiger partial charge in [-0.3, -0.25) is 0 Å². The molecule has 0 heterocycles. The SMILES string of the molecule is CC1=C\C=c2\cccc3cc/c(cc23)=C/C(C)(C)/C=C\1O. The van der Waals surface area contributed by atoms with E-state index >= 15 is 0 Å². The summed E-state index contributed by atoms with van der Waals surface area (Å²) < 4.78 is 0. The summed E-state index contributed by atoms with van der Waals surface area (Å²) in [5.74, 6) is 0.342. The lowest BCUT2D eigenvalue weighted by atomic mass is 9.90. The molecule has 0 fully saturated rings. The molecule has 1 N–H and O–H groups in total. The van der Waals surface area contributed by atoms with Gasteiger partial charge in [-0.25, -0.2) is 0 Å². The number of aliphatic hydroxyl groups excluding tert-OH is 1. The lowest BCUT2D eigenvalue weighted by molar-refractivity contribution is 0.411. The van der Waals surface area contributed by atoms with Crippen molar-refractivity contribution in [1.29, 1.82) is 0 Å². The molecule has 106 valence electrons. The Labute approximate surface area is 125 Å². The van der Waals surface area contributed by atoms with E-state index in [-0.39, 0.29) is 5.41 Å². The van der Waals surface area contributed by atoms with Crippen molar-refractivity contribution in [2.24, 2.45) is 5.41 Å². The summed E-state index contributed by atoms with van der Waals surface area (Å²) >= 11 is 0. The van der Waals surface area contributed by atoms with E-state index in [0.717, 1.165) is 5.57 Å². The number of aliphatic hydroxyl groups is 1. The molecule has 2 aromatic carbocycles. The third-order valence-corrected chi connectivity index (χ3v) is 3.90. The summed E-state index contributed by atoms with van der Waals surface area (Å²) in [6, 6.07) is 12.8. The zero-order chi connectivity index (χ0) is 15.0. The monoisotopic (exact) mass is 276 g/mol. The second kappa shape index (κ2) is 4.92. The number of rotatable bonds is 0. The van der Waals surface area contributed by atoms with Gasteiger partial charge in [0, 0.05) is 5.41 Å². The first-order valence-corrected chi connectivity index (χ1v) is 7.27. The van der Waals surface area contributed by atoms with Crippen molar-refractivity contribution >= 4 is 22.9 Å². The second-order valence-corrected chi connectivity index (χ2v) is 6.34. The molecule has 0 spiro atoms. The van der Waals surface area contributed by atoms with Gasteiger partial charge in [0.15, 0.2) is 0 Å². The minimum Gasteiger partial charge on any atom is -0.508 e. The molecule has 0 amide bonds. The highest BCUT2D eigenvalue weighted by Gasteiger charge is 2.13. The molecule has 0 unspecified atom stereocenters. The normalized spacial score (nSPS) is 25.5. The average molecular weight is 276 g/mol. The largest absolute Gasteiger partial charge is 0.508 e. The molecule has 1 aliphatic rings. The predicted octanol–water partition coefficient (Wildman–Crippen LogP) is 3.83. The van der Waals surface area contributed by atoms with Gasteiger partial charge in [-0.15, -0.1) is 0 Å². The van der Waals surface area contributed by atoms with Crippen LogP contribution >= 0.6 is 0 Å². The topological polar surface area (TPSA) is 20.2 Å². The summed E-state index contributed by atoms with van der Waals surface area (Å²) in [4.78, 5) is 0. The number of fused-ring (bicyclic) bond motifs is 1. The average Bonchev–Trinajstić information content (AvgIpc) is 2.44. The molecular weight excluding hydrogens is 256 g/mol. The quantitative estimate of drug-likeness (QED) is 0.775. The van der Waals surface area contributed by atoms with Gasteiger partial charge in [-0.2, -0.15) is 0 Å². The Bertz CT molecular complexity index is 880. The van der Waals surface area contributed by atoms with Crippen LogP contribution in [-0.2, 0) is 0 Å². The molecule has 0 saturated heterocycles. The van der Waals surface area contributed by atoms with Crippen LogP contribution in [0.25, 0.3) is 22.9 Å². The summed E-state index contributed by atoms with van der Waals surface area (Å²) in [6.07, 6.45) is 8.16. The first-order valence-electron chi connectivity index (χ1n) is 7.27. The lowest BCUT2D eigenvalue weighted by Crippen LogP contribution is -2.12. The third kappa shape index (κ3) is 2.78. The summed E-state index contributed by atoms with van der Waals surface area (Å²) in [6.45, 7) is 6.15. The molecule has 0 atom stereocenters. The first-order chi connectivity index (χ1) is 9.94. The van der Waals surface area contributed by atoms with Crippen LogP contribution < -0.4 is 10.4 Å². The van der Waals surface area contributed by atoms with Crippen molar-refractivity contribution < 1.29 is 5.11 Å². The summed E-state index contributed by atoms with van der Waals surface area (Å²) in [5, 5.41) is 15.1. The van der Waals surface area contributed by atoms with Crippen LogP contribution in [0.2, 0.25) is 0 Å². The molecule has 0 aromatic heterocycles. The number of hydrogen-bond donors (Lipinski definition) is 1. The molecule has 2 aromatic rings. The van der Waals surface area contributed by atoms with Gasteiger partial charge >= 0.3 is 0 Å². The minimum atomic E-state index is -0.202. The van der Waals surface area contributed by atoms with E-state index in [1.165, 1.54) is 21.2 Å². The third-order valence-electron chi connectivity index (χ3n) is 3.90. The summed E-state index contributed by atoms with van der Waals surface area (Å²) in [7, 11) is 0. The van der Waals surface area contributed by atoms with Crippen molar-refractivity contribution in [2.75, 3.05) is 0 Å². The number of benzene rings is 2. The van der Waals surface area contributed by atoms with Crippen LogP contribution in [0.1, 0.15) is 20.8 Å². The fourth-order valence-electron chi connectivity index (χ4n) is 2.79. The predicted molar refractivity (Wildman–Crippen MR) is 90.4 cm³/mol. The Morgan fingerprint density at radius 3 is 2.57 bits per heavy atom. The Hall–Kier alpha value is -2.28. The molecule has 0 radical (unpaired) electrons. The Morgan fingerprint density at radius 1 is 0.952 bits per heavy atom. The zero-order valence-electron chi connectivity index (χ0n) is 12.7. The molecule has 1 heteroatoms. The van der Waals surface area contributed by atoms with Gasteiger partial charge in [-0.1, -0.05) is 62.4 Å². The number of allylic oxidation sites excluding steroid dienone is 3. The van der Waals surface area contributed by atoms with E-state index < -0.39 is 0 Å². The smallest absolute Gasteiger partial charge is 0.115 e. The van der Waals surface area contributed by atoms with Crippen LogP contribution in [0.5, 0.6) is 0 Å². The van der Waals surface area contributed by atoms with Crippen molar-refractivity contribution in [2.45, 2.75) is 20.8 Å². The molecule has 1 aliphatic carbocycles. The van der Waals surface area contributed by atoms with Crippen molar-refractivity contribution in [3.63, 3.8) is 0 Å². The maximum Gasteiger partial charge on any atom is 0.115 e. The van der Waals surface area contributed by atoms with E-state index in [9.17, 15) is 5.11 Å². The highest BCUT2D eigenvalue weighted by atomic mass is 16.3. The Morgan fingerprint density at radius 2 is 1.76 bits per heavy atom. The highest BCUT2D eigenvalue weighted by molar-refractivity contribution is 5.84. The minimum absolute atomic E-state index is 0.202. The second-order valence-electron chi connectivity index (χ2n) is 6.34. The molecule has 0 saturated carbocycles. The zero-order valence-corrected chi connectivity index (χ0v) is 12.7. The van der Waals surface area contributed by atoms with Gasteiger partial charge in [0.05, 0.1) is 0 Å². The molecule has 3 rings (SSSR count). The Balaban J connectivity index is 2.45. The lowest BCUT2D eigenvalue weighted by Gasteiger charge is -2.16. The van der Waals surface area contributed by atoms with E-state index in [1.807, 2.05) is 19.1 Å². The molecular formula is C20H20O. The van der Waals surface area contributed by atoms with Gasteiger partial charge in [0.2, 0.25) is 0 Å². The van der Waals surface area contributed by atoms with Gasteiger partial charge in [-0.05, 0) is 45.8 Å². The van der Waals surface area contributed by atoms with Crippen LogP contribution in [0.4, 0.5) is 0 Å². The fraction of sp³-hybridized carbons (Fsp3) is 0.200. The van der Waals surface area contributed by atoms with Gasteiger partial charge in [0.1, 0.15) is 5.76 Å². The van der Waals surface area contributed by atoms with Gasteiger partial charge in [0.25, 0.3) is 0 Å². The highest BCUT2D eigenvalue weighted by Crippen LogP contribution is 2.23. The standard InChI is InChI=1S/C20H20O/c1-14-7-9-16-5-4-6-17-10-8-15(11-18(16)17)12-20(2,3)13-19(14)21/h4-13,21H,1-3H3/b14-7+,15-12-,16-9-,19-13+. The van der Waals surface area contributed by atoms with E-state index in [4.69, 9.17) is 0 Å². The number of hydrogen-bond acceptors (Lipinski definition) is 1. The maximum absolute atomic E-state index is 10.3. The van der Waals surface area contributed by atoms with Crippen molar-refractivity contribution in [1.82, 2.24) is 0 Å². The van der Waals surface area contributed by atoms with Crippen molar-refractivity contribution in [3.05, 3.63) is 70.3 Å².